The van der Waals surface area contributed by atoms with E-state index in [-0.39, 0.29) is 11.7 Å². The lowest BCUT2D eigenvalue weighted by atomic mass is 10.1. The van der Waals surface area contributed by atoms with Gasteiger partial charge < -0.3 is 23.8 Å². The maximum atomic E-state index is 12.3. The molecule has 2 aliphatic heterocycles. The molecule has 0 atom stereocenters. The van der Waals surface area contributed by atoms with Gasteiger partial charge in [-0.25, -0.2) is 4.98 Å². The molecule has 31 heavy (non-hydrogen) atoms. The molecule has 0 saturated carbocycles. The smallest absolute Gasteiger partial charge is 0.274 e. The minimum absolute atomic E-state index is 0.0888. The third-order valence-corrected chi connectivity index (χ3v) is 5.66. The fourth-order valence-electron chi connectivity index (χ4n) is 4.11. The SMILES string of the molecule is COc1c(C)c(N2CCC(Oc3ccc4c(c3)OCCO4)CC2)nn2c(=O)ccnc12. The lowest BCUT2D eigenvalue weighted by molar-refractivity contribution is 0.159. The first-order valence-corrected chi connectivity index (χ1v) is 10.4. The molecular formula is C22H24N4O5. The number of methoxy groups -OCH3 is 1. The van der Waals surface area contributed by atoms with Gasteiger partial charge in [-0.05, 0) is 19.1 Å². The summed E-state index contributed by atoms with van der Waals surface area (Å²) in [5, 5.41) is 4.58. The Labute approximate surface area is 179 Å². The molecule has 1 fully saturated rings. The van der Waals surface area contributed by atoms with Crippen LogP contribution in [0.25, 0.3) is 5.65 Å². The number of piperidine rings is 1. The first kappa shape index (κ1) is 19.5. The second kappa shape index (κ2) is 7.98. The fraction of sp³-hybridized carbons (Fsp3) is 0.409. The summed E-state index contributed by atoms with van der Waals surface area (Å²) < 4.78 is 24.3. The number of nitrogens with zero attached hydrogens (tertiary/aromatic N) is 4. The summed E-state index contributed by atoms with van der Waals surface area (Å²) >= 11 is 0. The van der Waals surface area contributed by atoms with Crippen LogP contribution < -0.4 is 29.4 Å². The van der Waals surface area contributed by atoms with E-state index in [4.69, 9.17) is 18.9 Å². The molecule has 0 bridgehead atoms. The number of ether oxygens (including phenoxy) is 4. The van der Waals surface area contributed by atoms with Gasteiger partial charge in [-0.2, -0.15) is 4.52 Å². The number of hydrogen-bond donors (Lipinski definition) is 0. The lowest BCUT2D eigenvalue weighted by Crippen LogP contribution is -2.39. The largest absolute Gasteiger partial charge is 0.492 e. The fourth-order valence-corrected chi connectivity index (χ4v) is 4.11. The van der Waals surface area contributed by atoms with Crippen molar-refractivity contribution < 1.29 is 18.9 Å². The standard InChI is InChI=1S/C22H24N4O5/c1-14-20(28-2)22-23-8-5-19(27)26(22)24-21(14)25-9-6-15(7-10-25)31-16-3-4-17-18(13-16)30-12-11-29-17/h3-5,8,13,15H,6-7,9-12H2,1-2H3. The van der Waals surface area contributed by atoms with Crippen molar-refractivity contribution in [1.82, 2.24) is 14.6 Å². The minimum Gasteiger partial charge on any atom is -0.492 e. The molecule has 0 radical (unpaired) electrons. The predicted octanol–water partition coefficient (Wildman–Crippen LogP) is 2.23. The predicted molar refractivity (Wildman–Crippen MR) is 114 cm³/mol. The first-order chi connectivity index (χ1) is 15.1. The Bertz CT molecular complexity index is 1170. The molecule has 5 rings (SSSR count). The lowest BCUT2D eigenvalue weighted by Gasteiger charge is -2.34. The highest BCUT2D eigenvalue weighted by Crippen LogP contribution is 2.35. The molecule has 0 unspecified atom stereocenters. The van der Waals surface area contributed by atoms with Gasteiger partial charge in [-0.3, -0.25) is 4.79 Å². The zero-order chi connectivity index (χ0) is 21.4. The molecule has 9 nitrogen and oxygen atoms in total. The van der Waals surface area contributed by atoms with E-state index in [1.165, 1.54) is 16.8 Å². The average Bonchev–Trinajstić information content (AvgIpc) is 2.80. The number of fused-ring (bicyclic) bond motifs is 2. The molecule has 0 spiro atoms. The molecule has 4 heterocycles. The van der Waals surface area contributed by atoms with Gasteiger partial charge in [0.15, 0.2) is 28.7 Å². The monoisotopic (exact) mass is 424 g/mol. The summed E-state index contributed by atoms with van der Waals surface area (Å²) in [5.41, 5.74) is 1.06. The zero-order valence-corrected chi connectivity index (χ0v) is 17.5. The quantitative estimate of drug-likeness (QED) is 0.630. The van der Waals surface area contributed by atoms with Gasteiger partial charge in [0.1, 0.15) is 25.1 Å². The Kier molecular flexibility index (Phi) is 5.01. The Morgan fingerprint density at radius 2 is 1.87 bits per heavy atom. The Balaban J connectivity index is 1.33. The van der Waals surface area contributed by atoms with Crippen LogP contribution in [0, 0.1) is 6.92 Å². The summed E-state index contributed by atoms with van der Waals surface area (Å²) in [6.07, 6.45) is 3.23. The molecule has 162 valence electrons. The van der Waals surface area contributed by atoms with Gasteiger partial charge in [0.05, 0.1) is 7.11 Å². The number of anilines is 1. The van der Waals surface area contributed by atoms with Crippen LogP contribution in [0.3, 0.4) is 0 Å². The summed E-state index contributed by atoms with van der Waals surface area (Å²) in [7, 11) is 1.58. The average molecular weight is 424 g/mol. The van der Waals surface area contributed by atoms with Crippen molar-refractivity contribution in [3.8, 4) is 23.0 Å². The van der Waals surface area contributed by atoms with E-state index in [2.05, 4.69) is 15.0 Å². The topological polar surface area (TPSA) is 87.4 Å². The van der Waals surface area contributed by atoms with Crippen molar-refractivity contribution in [2.75, 3.05) is 38.3 Å². The third-order valence-electron chi connectivity index (χ3n) is 5.66. The molecule has 2 aromatic heterocycles. The highest BCUT2D eigenvalue weighted by atomic mass is 16.6. The van der Waals surface area contributed by atoms with Gasteiger partial charge in [0.25, 0.3) is 5.56 Å². The second-order valence-electron chi connectivity index (χ2n) is 7.61. The molecule has 0 aliphatic carbocycles. The van der Waals surface area contributed by atoms with E-state index >= 15 is 0 Å². The molecule has 0 N–H and O–H groups in total. The van der Waals surface area contributed by atoms with Gasteiger partial charge >= 0.3 is 0 Å². The molecule has 0 amide bonds. The Hall–Kier alpha value is -3.49. The van der Waals surface area contributed by atoms with Crippen molar-refractivity contribution in [2.45, 2.75) is 25.9 Å². The summed E-state index contributed by atoms with van der Waals surface area (Å²) in [5.74, 6) is 3.56. The van der Waals surface area contributed by atoms with Gasteiger partial charge in [-0.1, -0.05) is 0 Å². The summed E-state index contributed by atoms with van der Waals surface area (Å²) in [4.78, 5) is 18.7. The van der Waals surface area contributed by atoms with E-state index in [0.29, 0.717) is 24.6 Å². The maximum absolute atomic E-state index is 12.3. The maximum Gasteiger partial charge on any atom is 0.274 e. The van der Waals surface area contributed by atoms with Gasteiger partial charge in [0.2, 0.25) is 0 Å². The molecule has 1 aromatic carbocycles. The number of benzene rings is 1. The van der Waals surface area contributed by atoms with E-state index in [0.717, 1.165) is 54.6 Å². The first-order valence-electron chi connectivity index (χ1n) is 10.4. The zero-order valence-electron chi connectivity index (χ0n) is 17.5. The second-order valence-corrected chi connectivity index (χ2v) is 7.61. The summed E-state index contributed by atoms with van der Waals surface area (Å²) in [6.45, 7) is 4.58. The highest BCUT2D eigenvalue weighted by Gasteiger charge is 2.26. The number of hydrogen-bond acceptors (Lipinski definition) is 8. The normalized spacial score (nSPS) is 16.4. The Morgan fingerprint density at radius 3 is 2.65 bits per heavy atom. The summed E-state index contributed by atoms with van der Waals surface area (Å²) in [6, 6.07) is 7.09. The van der Waals surface area contributed by atoms with Crippen molar-refractivity contribution >= 4 is 11.5 Å². The number of rotatable bonds is 4. The van der Waals surface area contributed by atoms with Crippen molar-refractivity contribution in [3.63, 3.8) is 0 Å². The van der Waals surface area contributed by atoms with E-state index in [1.807, 2.05) is 25.1 Å². The van der Waals surface area contributed by atoms with Crippen molar-refractivity contribution in [2.24, 2.45) is 0 Å². The van der Waals surface area contributed by atoms with Crippen LogP contribution in [0.2, 0.25) is 0 Å². The van der Waals surface area contributed by atoms with Gasteiger partial charge in [-0.15, -0.1) is 5.10 Å². The molecule has 9 heteroatoms. The minimum atomic E-state index is -0.235. The van der Waals surface area contributed by atoms with Crippen molar-refractivity contribution in [1.29, 1.82) is 0 Å². The van der Waals surface area contributed by atoms with Crippen LogP contribution in [0.15, 0.2) is 35.3 Å². The van der Waals surface area contributed by atoms with Crippen LogP contribution in [-0.4, -0.2) is 54.1 Å². The molecule has 1 saturated heterocycles. The van der Waals surface area contributed by atoms with Crippen LogP contribution in [0.1, 0.15) is 18.4 Å². The molecule has 2 aliphatic rings. The van der Waals surface area contributed by atoms with E-state index in [1.54, 1.807) is 7.11 Å². The van der Waals surface area contributed by atoms with E-state index in [9.17, 15) is 4.79 Å². The van der Waals surface area contributed by atoms with Crippen molar-refractivity contribution in [3.05, 3.63) is 46.4 Å². The van der Waals surface area contributed by atoms with Crippen LogP contribution >= 0.6 is 0 Å². The molecular weight excluding hydrogens is 400 g/mol. The van der Waals surface area contributed by atoms with Crippen LogP contribution in [-0.2, 0) is 0 Å². The number of aromatic nitrogens is 3. The highest BCUT2D eigenvalue weighted by molar-refractivity contribution is 5.64. The van der Waals surface area contributed by atoms with Crippen LogP contribution in [0.4, 0.5) is 5.82 Å². The molecule has 3 aromatic rings. The van der Waals surface area contributed by atoms with Gasteiger partial charge in [0, 0.05) is 49.8 Å². The Morgan fingerprint density at radius 1 is 1.10 bits per heavy atom. The van der Waals surface area contributed by atoms with E-state index < -0.39 is 0 Å². The third kappa shape index (κ3) is 3.60. The van der Waals surface area contributed by atoms with Crippen LogP contribution in [0.5, 0.6) is 23.0 Å².